The highest BCUT2D eigenvalue weighted by Gasteiger charge is 2.32. The number of carbonyl (C=O) groups excluding carboxylic acids is 1. The van der Waals surface area contributed by atoms with Crippen molar-refractivity contribution >= 4 is 27.3 Å². The van der Waals surface area contributed by atoms with E-state index in [0.29, 0.717) is 13.1 Å². The first-order chi connectivity index (χ1) is 15.2. The normalized spacial score (nSPS) is 16.3. The third-order valence-electron chi connectivity index (χ3n) is 5.49. The van der Waals surface area contributed by atoms with Gasteiger partial charge in [0.15, 0.2) is 11.7 Å². The van der Waals surface area contributed by atoms with Gasteiger partial charge < -0.3 is 9.64 Å². The van der Waals surface area contributed by atoms with Crippen LogP contribution in [0.5, 0.6) is 0 Å². The first-order valence-electron chi connectivity index (χ1n) is 9.92. The van der Waals surface area contributed by atoms with E-state index in [1.165, 1.54) is 48.8 Å². The lowest BCUT2D eigenvalue weighted by molar-refractivity contribution is -0.144. The zero-order chi connectivity index (χ0) is 23.0. The van der Waals surface area contributed by atoms with Crippen molar-refractivity contribution in [2.75, 3.05) is 38.2 Å². The molecule has 3 heterocycles. The molecule has 32 heavy (non-hydrogen) atoms. The summed E-state index contributed by atoms with van der Waals surface area (Å²) >= 11 is 0. The smallest absolute Gasteiger partial charge is 0.351 e. The van der Waals surface area contributed by atoms with Gasteiger partial charge >= 0.3 is 11.7 Å². The Morgan fingerprint density at radius 3 is 2.41 bits per heavy atom. The molecule has 1 fully saturated rings. The fraction of sp³-hybridized carbons (Fsp3) is 0.350. The molecule has 12 heteroatoms. The number of methoxy groups -OCH3 is 1. The van der Waals surface area contributed by atoms with Gasteiger partial charge in [0.2, 0.25) is 10.0 Å². The molecule has 0 bridgehead atoms. The lowest BCUT2D eigenvalue weighted by Gasteiger charge is -2.35. The largest absolute Gasteiger partial charge is 0.467 e. The molecule has 0 amide bonds. The average molecular weight is 463 g/mol. The summed E-state index contributed by atoms with van der Waals surface area (Å²) in [4.78, 5) is 26.4. The molecule has 1 atom stereocenters. The van der Waals surface area contributed by atoms with Crippen molar-refractivity contribution in [2.24, 2.45) is 0 Å². The quantitative estimate of drug-likeness (QED) is 0.517. The minimum absolute atomic E-state index is 0.0609. The van der Waals surface area contributed by atoms with Crippen LogP contribution in [-0.2, 0) is 19.6 Å². The summed E-state index contributed by atoms with van der Waals surface area (Å²) in [5, 5.41) is 4.13. The van der Waals surface area contributed by atoms with Crippen molar-refractivity contribution in [3.05, 3.63) is 58.9 Å². The van der Waals surface area contributed by atoms with Gasteiger partial charge in [-0.3, -0.25) is 0 Å². The summed E-state index contributed by atoms with van der Waals surface area (Å²) in [6, 6.07) is 7.86. The Labute approximate surface area is 183 Å². The zero-order valence-corrected chi connectivity index (χ0v) is 18.3. The number of carbonyl (C=O) groups is 1. The fourth-order valence-electron chi connectivity index (χ4n) is 3.69. The number of esters is 1. The van der Waals surface area contributed by atoms with Gasteiger partial charge in [0.05, 0.1) is 7.11 Å². The number of halogens is 1. The Bertz CT molecular complexity index is 1310. The lowest BCUT2D eigenvalue weighted by Crippen LogP contribution is -2.48. The van der Waals surface area contributed by atoms with Crippen LogP contribution in [0.25, 0.3) is 5.65 Å². The lowest BCUT2D eigenvalue weighted by atomic mass is 10.2. The van der Waals surface area contributed by atoms with Crippen molar-refractivity contribution in [3.63, 3.8) is 0 Å². The molecule has 0 saturated carbocycles. The monoisotopic (exact) mass is 463 g/mol. The highest BCUT2D eigenvalue weighted by Crippen LogP contribution is 2.23. The van der Waals surface area contributed by atoms with Crippen molar-refractivity contribution < 1.29 is 22.3 Å². The van der Waals surface area contributed by atoms with Crippen LogP contribution in [0.2, 0.25) is 0 Å². The molecule has 0 N–H and O–H groups in total. The maximum atomic E-state index is 13.4. The summed E-state index contributed by atoms with van der Waals surface area (Å²) < 4.78 is 47.9. The number of ether oxygens (including phenoxy) is 1. The third-order valence-corrected chi connectivity index (χ3v) is 7.41. The van der Waals surface area contributed by atoms with Gasteiger partial charge in [-0.2, -0.15) is 8.99 Å². The standard InChI is InChI=1S/C20H22FN5O5S/c1-14(19(27)31-2)26-20(28)25-9-3-4-17(18(25)22-26)32(29,30)24-12-10-23(11-13-24)16-7-5-15(21)6-8-16/h3-9,14H,10-13H2,1-2H3. The van der Waals surface area contributed by atoms with Crippen molar-refractivity contribution in [2.45, 2.75) is 17.9 Å². The first kappa shape index (κ1) is 22.0. The number of nitrogens with zero attached hydrogens (tertiary/aromatic N) is 5. The second kappa shape index (κ2) is 8.36. The van der Waals surface area contributed by atoms with E-state index in [-0.39, 0.29) is 29.4 Å². The van der Waals surface area contributed by atoms with Crippen molar-refractivity contribution in [3.8, 4) is 0 Å². The van der Waals surface area contributed by atoms with Crippen molar-refractivity contribution in [1.82, 2.24) is 18.5 Å². The number of anilines is 1. The van der Waals surface area contributed by atoms with Crippen LogP contribution >= 0.6 is 0 Å². The van der Waals surface area contributed by atoms with E-state index in [4.69, 9.17) is 0 Å². The van der Waals surface area contributed by atoms with E-state index >= 15 is 0 Å². The molecule has 0 radical (unpaired) electrons. The van der Waals surface area contributed by atoms with Gasteiger partial charge in [-0.1, -0.05) is 0 Å². The summed E-state index contributed by atoms with van der Waals surface area (Å²) in [5.41, 5.74) is 0.109. The number of pyridine rings is 1. The fourth-order valence-corrected chi connectivity index (χ4v) is 5.23. The van der Waals surface area contributed by atoms with E-state index in [2.05, 4.69) is 9.84 Å². The Morgan fingerprint density at radius 2 is 1.78 bits per heavy atom. The van der Waals surface area contributed by atoms with Gasteiger partial charge in [0.1, 0.15) is 10.7 Å². The Morgan fingerprint density at radius 1 is 1.12 bits per heavy atom. The Balaban J connectivity index is 1.63. The minimum atomic E-state index is -3.96. The third kappa shape index (κ3) is 3.75. The number of benzene rings is 1. The molecule has 1 aromatic carbocycles. The minimum Gasteiger partial charge on any atom is -0.467 e. The van der Waals surface area contributed by atoms with Crippen LogP contribution in [0.15, 0.2) is 52.3 Å². The zero-order valence-electron chi connectivity index (χ0n) is 17.5. The number of hydrogen-bond donors (Lipinski definition) is 0. The topological polar surface area (TPSA) is 106 Å². The molecule has 10 nitrogen and oxygen atoms in total. The van der Waals surface area contributed by atoms with Crippen LogP contribution in [0.1, 0.15) is 13.0 Å². The predicted molar refractivity (Wildman–Crippen MR) is 114 cm³/mol. The summed E-state index contributed by atoms with van der Waals surface area (Å²) in [6.45, 7) is 2.72. The predicted octanol–water partition coefficient (Wildman–Crippen LogP) is 0.880. The van der Waals surface area contributed by atoms with E-state index < -0.39 is 27.7 Å². The van der Waals surface area contributed by atoms with E-state index in [1.807, 2.05) is 4.90 Å². The Hall–Kier alpha value is -3.25. The van der Waals surface area contributed by atoms with Crippen LogP contribution in [0.3, 0.4) is 0 Å². The van der Waals surface area contributed by atoms with Gasteiger partial charge in [-0.15, -0.1) is 5.10 Å². The molecular weight excluding hydrogens is 441 g/mol. The first-order valence-corrected chi connectivity index (χ1v) is 11.4. The highest BCUT2D eigenvalue weighted by atomic mass is 32.2. The molecule has 3 aromatic rings. The molecule has 0 spiro atoms. The average Bonchev–Trinajstić information content (AvgIpc) is 3.15. The molecule has 1 aliphatic rings. The van der Waals surface area contributed by atoms with E-state index in [1.54, 1.807) is 12.1 Å². The van der Waals surface area contributed by atoms with Crippen molar-refractivity contribution in [1.29, 1.82) is 0 Å². The van der Waals surface area contributed by atoms with Crippen LogP contribution in [0, 0.1) is 5.82 Å². The van der Waals surface area contributed by atoms with Crippen LogP contribution in [0.4, 0.5) is 10.1 Å². The SMILES string of the molecule is COC(=O)C(C)n1nc2c(S(=O)(=O)N3CCN(c4ccc(F)cc4)CC3)cccn2c1=O. The number of piperazine rings is 1. The highest BCUT2D eigenvalue weighted by molar-refractivity contribution is 7.89. The second-order valence-electron chi connectivity index (χ2n) is 7.36. The van der Waals surface area contributed by atoms with Gasteiger partial charge in [0.25, 0.3) is 0 Å². The van der Waals surface area contributed by atoms with Gasteiger partial charge in [0, 0.05) is 38.1 Å². The number of hydrogen-bond acceptors (Lipinski definition) is 7. The van der Waals surface area contributed by atoms with E-state index in [9.17, 15) is 22.4 Å². The second-order valence-corrected chi connectivity index (χ2v) is 9.27. The number of aromatic nitrogens is 3. The Kier molecular flexibility index (Phi) is 5.73. The summed E-state index contributed by atoms with van der Waals surface area (Å²) in [5.74, 6) is -1.00. The molecule has 1 saturated heterocycles. The van der Waals surface area contributed by atoms with Crippen LogP contribution < -0.4 is 10.6 Å². The van der Waals surface area contributed by atoms with Gasteiger partial charge in [-0.25, -0.2) is 26.8 Å². The molecule has 2 aromatic heterocycles. The molecule has 170 valence electrons. The molecular formula is C20H22FN5O5S. The molecule has 0 aliphatic carbocycles. The molecule has 1 unspecified atom stereocenters. The summed E-state index contributed by atoms with van der Waals surface area (Å²) in [6.07, 6.45) is 1.40. The maximum absolute atomic E-state index is 13.4. The number of fused-ring (bicyclic) bond motifs is 1. The summed E-state index contributed by atoms with van der Waals surface area (Å²) in [7, 11) is -2.77. The molecule has 1 aliphatic heterocycles. The van der Waals surface area contributed by atoms with Gasteiger partial charge in [-0.05, 0) is 43.3 Å². The maximum Gasteiger partial charge on any atom is 0.351 e. The molecule has 4 rings (SSSR count). The van der Waals surface area contributed by atoms with Crippen LogP contribution in [-0.4, -0.2) is 66.2 Å². The number of sulfonamides is 1. The number of rotatable bonds is 5. The van der Waals surface area contributed by atoms with E-state index in [0.717, 1.165) is 14.8 Å².